The van der Waals surface area contributed by atoms with Crippen LogP contribution in [0.5, 0.6) is 0 Å². The van der Waals surface area contributed by atoms with E-state index in [4.69, 9.17) is 10.5 Å². The summed E-state index contributed by atoms with van der Waals surface area (Å²) in [5, 5.41) is 0. The molecular formula is C16H25BrN2O. The monoisotopic (exact) mass is 340 g/mol. The molecular weight excluding hydrogens is 316 g/mol. The number of ether oxygens (including phenoxy) is 1. The zero-order chi connectivity index (χ0) is 14.5. The Kier molecular flexibility index (Phi) is 6.02. The number of nitrogens with two attached hydrogens (primary N) is 1. The standard InChI is InChI=1S/C16H25BrN2O/c1-3-15(18)16(12-6-8-13(17)9-7-12)19(2)11-14-5-4-10-20-14/h6-9,14-16H,3-5,10-11,18H2,1-2H3. The van der Waals surface area contributed by atoms with Gasteiger partial charge < -0.3 is 10.5 Å². The zero-order valence-corrected chi connectivity index (χ0v) is 14.0. The van der Waals surface area contributed by atoms with Gasteiger partial charge in [0, 0.05) is 29.7 Å². The molecule has 0 aromatic heterocycles. The van der Waals surface area contributed by atoms with Crippen molar-refractivity contribution in [1.29, 1.82) is 0 Å². The third-order valence-electron chi connectivity index (χ3n) is 4.08. The first-order valence-corrected chi connectivity index (χ1v) is 8.24. The van der Waals surface area contributed by atoms with E-state index < -0.39 is 0 Å². The summed E-state index contributed by atoms with van der Waals surface area (Å²) >= 11 is 3.49. The molecule has 1 aliphatic rings. The Balaban J connectivity index is 2.11. The summed E-state index contributed by atoms with van der Waals surface area (Å²) in [5.41, 5.74) is 7.65. The summed E-state index contributed by atoms with van der Waals surface area (Å²) in [5.74, 6) is 0. The SMILES string of the molecule is CCC(N)C(c1ccc(Br)cc1)N(C)CC1CCCO1. The van der Waals surface area contributed by atoms with Crippen LogP contribution in [0.1, 0.15) is 37.8 Å². The first-order valence-electron chi connectivity index (χ1n) is 7.44. The highest BCUT2D eigenvalue weighted by Gasteiger charge is 2.26. The van der Waals surface area contributed by atoms with Crippen LogP contribution in [0.3, 0.4) is 0 Å². The molecule has 0 saturated carbocycles. The minimum Gasteiger partial charge on any atom is -0.377 e. The molecule has 3 atom stereocenters. The van der Waals surface area contributed by atoms with Crippen molar-refractivity contribution in [3.05, 3.63) is 34.3 Å². The molecule has 1 aliphatic heterocycles. The van der Waals surface area contributed by atoms with Crippen LogP contribution in [0.4, 0.5) is 0 Å². The van der Waals surface area contributed by atoms with E-state index >= 15 is 0 Å². The summed E-state index contributed by atoms with van der Waals surface area (Å²) < 4.78 is 6.86. The first-order chi connectivity index (χ1) is 9.61. The Morgan fingerprint density at radius 1 is 1.40 bits per heavy atom. The lowest BCUT2D eigenvalue weighted by Crippen LogP contribution is -2.41. The molecule has 1 aromatic carbocycles. The Morgan fingerprint density at radius 3 is 2.65 bits per heavy atom. The Bertz CT molecular complexity index is 403. The van der Waals surface area contributed by atoms with Crippen LogP contribution >= 0.6 is 15.9 Å². The summed E-state index contributed by atoms with van der Waals surface area (Å²) in [6.45, 7) is 4.01. The van der Waals surface area contributed by atoms with Crippen molar-refractivity contribution in [3.63, 3.8) is 0 Å². The van der Waals surface area contributed by atoms with Crippen LogP contribution in [-0.4, -0.2) is 37.2 Å². The van der Waals surface area contributed by atoms with Crippen LogP contribution in [0, 0.1) is 0 Å². The Hall–Kier alpha value is -0.420. The molecule has 0 radical (unpaired) electrons. The molecule has 1 fully saturated rings. The number of benzene rings is 1. The van der Waals surface area contributed by atoms with Crippen LogP contribution in [-0.2, 0) is 4.74 Å². The van der Waals surface area contributed by atoms with E-state index in [1.165, 1.54) is 18.4 Å². The molecule has 1 heterocycles. The Morgan fingerprint density at radius 2 is 2.10 bits per heavy atom. The number of nitrogens with zero attached hydrogens (tertiary/aromatic N) is 1. The molecule has 20 heavy (non-hydrogen) atoms. The first kappa shape index (κ1) is 16.0. The summed E-state index contributed by atoms with van der Waals surface area (Å²) in [6, 6.07) is 8.89. The summed E-state index contributed by atoms with van der Waals surface area (Å²) in [7, 11) is 2.16. The highest BCUT2D eigenvalue weighted by atomic mass is 79.9. The van der Waals surface area contributed by atoms with E-state index in [1.807, 2.05) is 0 Å². The highest BCUT2D eigenvalue weighted by molar-refractivity contribution is 9.10. The third-order valence-corrected chi connectivity index (χ3v) is 4.61. The lowest BCUT2D eigenvalue weighted by Gasteiger charge is -2.34. The maximum Gasteiger partial charge on any atom is 0.0702 e. The predicted molar refractivity (Wildman–Crippen MR) is 86.8 cm³/mol. The van der Waals surface area contributed by atoms with Gasteiger partial charge in [-0.2, -0.15) is 0 Å². The highest BCUT2D eigenvalue weighted by Crippen LogP contribution is 2.27. The van der Waals surface area contributed by atoms with E-state index in [0.29, 0.717) is 6.10 Å². The average molecular weight is 341 g/mol. The second-order valence-corrected chi connectivity index (χ2v) is 6.56. The lowest BCUT2D eigenvalue weighted by atomic mass is 9.96. The van der Waals surface area contributed by atoms with Crippen molar-refractivity contribution < 1.29 is 4.74 Å². The quantitative estimate of drug-likeness (QED) is 0.863. The Labute approximate surface area is 130 Å². The zero-order valence-electron chi connectivity index (χ0n) is 12.4. The molecule has 2 rings (SSSR count). The van der Waals surface area contributed by atoms with Gasteiger partial charge in [-0.05, 0) is 44.0 Å². The number of rotatable bonds is 6. The second kappa shape index (κ2) is 7.55. The molecule has 0 bridgehead atoms. The van der Waals surface area contributed by atoms with Crippen molar-refractivity contribution in [2.45, 2.75) is 44.4 Å². The van der Waals surface area contributed by atoms with Gasteiger partial charge in [-0.1, -0.05) is 35.0 Å². The van der Waals surface area contributed by atoms with E-state index in [-0.39, 0.29) is 12.1 Å². The molecule has 112 valence electrons. The van der Waals surface area contributed by atoms with Gasteiger partial charge in [0.05, 0.1) is 6.10 Å². The van der Waals surface area contributed by atoms with E-state index in [0.717, 1.165) is 24.0 Å². The van der Waals surface area contributed by atoms with Gasteiger partial charge in [-0.3, -0.25) is 4.90 Å². The van der Waals surface area contributed by atoms with E-state index in [9.17, 15) is 0 Å². The largest absolute Gasteiger partial charge is 0.377 e. The normalized spacial score (nSPS) is 22.1. The average Bonchev–Trinajstić information content (AvgIpc) is 2.94. The van der Waals surface area contributed by atoms with Gasteiger partial charge >= 0.3 is 0 Å². The number of hydrogen-bond donors (Lipinski definition) is 1. The van der Waals surface area contributed by atoms with Gasteiger partial charge in [-0.15, -0.1) is 0 Å². The second-order valence-electron chi connectivity index (χ2n) is 5.64. The third kappa shape index (κ3) is 4.04. The smallest absolute Gasteiger partial charge is 0.0702 e. The molecule has 3 nitrogen and oxygen atoms in total. The molecule has 4 heteroatoms. The van der Waals surface area contributed by atoms with Gasteiger partial charge in [0.15, 0.2) is 0 Å². The summed E-state index contributed by atoms with van der Waals surface area (Å²) in [6.07, 6.45) is 3.68. The van der Waals surface area contributed by atoms with Gasteiger partial charge in [0.1, 0.15) is 0 Å². The van der Waals surface area contributed by atoms with Crippen molar-refractivity contribution in [2.75, 3.05) is 20.2 Å². The number of likely N-dealkylation sites (N-methyl/N-ethyl adjacent to an activating group) is 1. The number of halogens is 1. The van der Waals surface area contributed by atoms with Crippen LogP contribution in [0.25, 0.3) is 0 Å². The van der Waals surface area contributed by atoms with Crippen molar-refractivity contribution in [3.8, 4) is 0 Å². The minimum atomic E-state index is 0.141. The fourth-order valence-corrected chi connectivity index (χ4v) is 3.20. The summed E-state index contributed by atoms with van der Waals surface area (Å²) in [4.78, 5) is 2.35. The molecule has 0 amide bonds. The maximum atomic E-state index is 6.37. The fraction of sp³-hybridized carbons (Fsp3) is 0.625. The molecule has 0 spiro atoms. The maximum absolute atomic E-state index is 6.37. The molecule has 2 N–H and O–H groups in total. The minimum absolute atomic E-state index is 0.141. The van der Waals surface area contributed by atoms with Crippen LogP contribution in [0.15, 0.2) is 28.7 Å². The van der Waals surface area contributed by atoms with Crippen LogP contribution < -0.4 is 5.73 Å². The van der Waals surface area contributed by atoms with Gasteiger partial charge in [0.25, 0.3) is 0 Å². The van der Waals surface area contributed by atoms with Crippen LogP contribution in [0.2, 0.25) is 0 Å². The molecule has 3 unspecified atom stereocenters. The number of hydrogen-bond acceptors (Lipinski definition) is 3. The van der Waals surface area contributed by atoms with Crippen molar-refractivity contribution in [2.24, 2.45) is 5.73 Å². The molecule has 1 aromatic rings. The van der Waals surface area contributed by atoms with E-state index in [1.54, 1.807) is 0 Å². The van der Waals surface area contributed by atoms with Crippen molar-refractivity contribution >= 4 is 15.9 Å². The van der Waals surface area contributed by atoms with Gasteiger partial charge in [-0.25, -0.2) is 0 Å². The fourth-order valence-electron chi connectivity index (χ4n) is 2.93. The topological polar surface area (TPSA) is 38.5 Å². The molecule has 1 saturated heterocycles. The predicted octanol–water partition coefficient (Wildman–Crippen LogP) is 3.34. The lowest BCUT2D eigenvalue weighted by molar-refractivity contribution is 0.0629. The molecule has 0 aliphatic carbocycles. The van der Waals surface area contributed by atoms with Crippen molar-refractivity contribution in [1.82, 2.24) is 4.90 Å². The van der Waals surface area contributed by atoms with Gasteiger partial charge in [0.2, 0.25) is 0 Å². The van der Waals surface area contributed by atoms with E-state index in [2.05, 4.69) is 59.1 Å².